The van der Waals surface area contributed by atoms with Crippen LogP contribution in [0.2, 0.25) is 5.02 Å². The normalized spacial score (nSPS) is 10.8. The van der Waals surface area contributed by atoms with Crippen molar-refractivity contribution >= 4 is 17.5 Å². The number of carbonyl (C=O) groups excluding carboxylic acids is 1. The molecule has 0 saturated heterocycles. The molecule has 2 aromatic carbocycles. The van der Waals surface area contributed by atoms with E-state index < -0.39 is 23.0 Å². The van der Waals surface area contributed by atoms with Crippen LogP contribution in [0.5, 0.6) is 0 Å². The minimum absolute atomic E-state index is 0.0587. The molecule has 8 nitrogen and oxygen atoms in total. The second kappa shape index (κ2) is 10.3. The van der Waals surface area contributed by atoms with Crippen LogP contribution in [0.4, 0.5) is 4.39 Å². The number of nitrogens with zero attached hydrogens (tertiary/aromatic N) is 2. The molecule has 0 aliphatic carbocycles. The highest BCUT2D eigenvalue weighted by atomic mass is 35.5. The second-order valence-corrected chi connectivity index (χ2v) is 7.56. The van der Waals surface area contributed by atoms with Crippen molar-refractivity contribution in [3.8, 4) is 0 Å². The Labute approximate surface area is 188 Å². The van der Waals surface area contributed by atoms with Gasteiger partial charge in [-0.25, -0.2) is 9.18 Å². The number of carbonyl (C=O) groups is 1. The number of aromatic nitrogens is 2. The fourth-order valence-electron chi connectivity index (χ4n) is 3.19. The molecular weight excluding hydrogens is 437 g/mol. The number of hydrogen-bond acceptors (Lipinski definition) is 5. The van der Waals surface area contributed by atoms with Crippen LogP contribution in [0.25, 0.3) is 0 Å². The maximum absolute atomic E-state index is 13.5. The van der Waals surface area contributed by atoms with Crippen molar-refractivity contribution in [3.63, 3.8) is 0 Å². The van der Waals surface area contributed by atoms with E-state index in [1.807, 2.05) is 24.3 Å². The Morgan fingerprint density at radius 1 is 1.06 bits per heavy atom. The number of aryl methyl sites for hydroxylation is 1. The minimum atomic E-state index is -0.722. The van der Waals surface area contributed by atoms with Gasteiger partial charge in [-0.1, -0.05) is 35.9 Å². The Hall–Kier alpha value is -3.43. The van der Waals surface area contributed by atoms with Crippen molar-refractivity contribution < 1.29 is 9.18 Å². The van der Waals surface area contributed by atoms with Crippen molar-refractivity contribution in [1.82, 2.24) is 14.6 Å². The Balaban J connectivity index is 1.75. The van der Waals surface area contributed by atoms with E-state index in [0.29, 0.717) is 17.8 Å². The van der Waals surface area contributed by atoms with Crippen LogP contribution >= 0.6 is 11.6 Å². The van der Waals surface area contributed by atoms with Crippen LogP contribution < -0.4 is 27.7 Å². The molecule has 0 bridgehead atoms. The number of nitrogens with two attached hydrogens (primary N) is 1. The highest BCUT2D eigenvalue weighted by Gasteiger charge is 2.13. The summed E-state index contributed by atoms with van der Waals surface area (Å²) in [5.74, 6) is -0.895. The third kappa shape index (κ3) is 5.43. The molecule has 168 valence electrons. The highest BCUT2D eigenvalue weighted by molar-refractivity contribution is 6.31. The van der Waals surface area contributed by atoms with Gasteiger partial charge >= 0.3 is 5.69 Å². The van der Waals surface area contributed by atoms with Crippen molar-refractivity contribution in [2.75, 3.05) is 5.43 Å². The number of nitrogens with one attached hydrogen (secondary N) is 2. The molecule has 4 N–H and O–H groups in total. The summed E-state index contributed by atoms with van der Waals surface area (Å²) in [6.07, 6.45) is 0. The van der Waals surface area contributed by atoms with E-state index in [4.69, 9.17) is 17.3 Å². The molecule has 0 spiro atoms. The summed E-state index contributed by atoms with van der Waals surface area (Å²) in [5.41, 5.74) is 9.54. The number of benzene rings is 2. The van der Waals surface area contributed by atoms with Crippen LogP contribution in [0.1, 0.15) is 22.4 Å². The number of rotatable bonds is 8. The Morgan fingerprint density at radius 3 is 2.50 bits per heavy atom. The lowest BCUT2D eigenvalue weighted by atomic mass is 10.1. The van der Waals surface area contributed by atoms with Gasteiger partial charge in [-0.3, -0.25) is 14.2 Å². The molecule has 0 saturated carbocycles. The van der Waals surface area contributed by atoms with E-state index in [2.05, 4.69) is 10.7 Å². The van der Waals surface area contributed by atoms with Crippen LogP contribution in [-0.2, 0) is 31.0 Å². The maximum Gasteiger partial charge on any atom is 0.350 e. The molecule has 0 radical (unpaired) electrons. The first-order chi connectivity index (χ1) is 15.3. The lowest BCUT2D eigenvalue weighted by molar-refractivity contribution is -0.121. The lowest BCUT2D eigenvalue weighted by Gasteiger charge is -2.15. The van der Waals surface area contributed by atoms with E-state index in [1.54, 1.807) is 6.92 Å². The SMILES string of the molecule is Cc1cc(=O)n(NCc2cc(F)ccc2Cl)c(=O)n1CC(=O)NCc1ccccc1CN. The zero-order valence-corrected chi connectivity index (χ0v) is 18.2. The fourth-order valence-corrected chi connectivity index (χ4v) is 3.37. The van der Waals surface area contributed by atoms with Crippen molar-refractivity contribution in [2.45, 2.75) is 33.1 Å². The standard InChI is InChI=1S/C22H23ClFN5O3/c1-14-8-21(31)29(27-12-17-9-18(24)6-7-19(17)23)22(32)28(14)13-20(30)26-11-16-5-3-2-4-15(16)10-25/h2-9,27H,10-13,25H2,1H3,(H,26,30). The predicted molar refractivity (Wildman–Crippen MR) is 120 cm³/mol. The molecule has 32 heavy (non-hydrogen) atoms. The molecule has 1 aromatic heterocycles. The first kappa shape index (κ1) is 23.2. The number of amides is 1. The highest BCUT2D eigenvalue weighted by Crippen LogP contribution is 2.16. The average Bonchev–Trinajstić information content (AvgIpc) is 2.77. The quantitative estimate of drug-likeness (QED) is 0.474. The van der Waals surface area contributed by atoms with Gasteiger partial charge < -0.3 is 16.5 Å². The summed E-state index contributed by atoms with van der Waals surface area (Å²) >= 11 is 6.04. The fraction of sp³-hybridized carbons (Fsp3) is 0.227. The molecular formula is C22H23ClFN5O3. The molecule has 10 heteroatoms. The number of hydrogen-bond donors (Lipinski definition) is 3. The summed E-state index contributed by atoms with van der Waals surface area (Å²) in [7, 11) is 0. The van der Waals surface area contributed by atoms with E-state index in [1.165, 1.54) is 28.8 Å². The Kier molecular flexibility index (Phi) is 7.45. The number of halogens is 2. The smallest absolute Gasteiger partial charge is 0.350 e. The molecule has 3 aromatic rings. The molecule has 0 atom stereocenters. The van der Waals surface area contributed by atoms with Gasteiger partial charge in [0.15, 0.2) is 0 Å². The monoisotopic (exact) mass is 459 g/mol. The molecule has 3 rings (SSSR count). The van der Waals surface area contributed by atoms with Gasteiger partial charge in [0.05, 0.1) is 6.54 Å². The average molecular weight is 460 g/mol. The molecule has 1 heterocycles. The van der Waals surface area contributed by atoms with Gasteiger partial charge in [0, 0.05) is 29.9 Å². The van der Waals surface area contributed by atoms with Crippen molar-refractivity contribution in [1.29, 1.82) is 0 Å². The van der Waals surface area contributed by atoms with Crippen LogP contribution in [0.15, 0.2) is 58.1 Å². The molecule has 0 fully saturated rings. The van der Waals surface area contributed by atoms with Gasteiger partial charge in [-0.05, 0) is 41.8 Å². The third-order valence-corrected chi connectivity index (χ3v) is 5.32. The Morgan fingerprint density at radius 2 is 1.78 bits per heavy atom. The lowest BCUT2D eigenvalue weighted by Crippen LogP contribution is -2.46. The minimum Gasteiger partial charge on any atom is -0.350 e. The third-order valence-electron chi connectivity index (χ3n) is 4.95. The zero-order chi connectivity index (χ0) is 23.3. The summed E-state index contributed by atoms with van der Waals surface area (Å²) in [4.78, 5) is 37.7. The van der Waals surface area contributed by atoms with E-state index in [9.17, 15) is 18.8 Å². The first-order valence-corrected chi connectivity index (χ1v) is 10.2. The van der Waals surface area contributed by atoms with Gasteiger partial charge in [0.2, 0.25) is 5.91 Å². The topological polar surface area (TPSA) is 111 Å². The van der Waals surface area contributed by atoms with Gasteiger partial charge in [0.1, 0.15) is 12.4 Å². The van der Waals surface area contributed by atoms with Gasteiger partial charge in [-0.15, -0.1) is 0 Å². The summed E-state index contributed by atoms with van der Waals surface area (Å²) < 4.78 is 15.4. The van der Waals surface area contributed by atoms with Gasteiger partial charge in [-0.2, -0.15) is 4.68 Å². The van der Waals surface area contributed by atoms with E-state index >= 15 is 0 Å². The van der Waals surface area contributed by atoms with Crippen LogP contribution in [0, 0.1) is 12.7 Å². The summed E-state index contributed by atoms with van der Waals surface area (Å²) in [6, 6.07) is 12.5. The Bertz CT molecular complexity index is 1260. The van der Waals surface area contributed by atoms with Crippen LogP contribution in [0.3, 0.4) is 0 Å². The van der Waals surface area contributed by atoms with Crippen LogP contribution in [-0.4, -0.2) is 15.2 Å². The molecule has 0 aliphatic rings. The second-order valence-electron chi connectivity index (χ2n) is 7.15. The van der Waals surface area contributed by atoms with Crippen molar-refractivity contribution in [2.24, 2.45) is 5.73 Å². The summed E-state index contributed by atoms with van der Waals surface area (Å²) in [6.45, 7) is 1.83. The van der Waals surface area contributed by atoms with E-state index in [0.717, 1.165) is 15.8 Å². The van der Waals surface area contributed by atoms with Crippen molar-refractivity contribution in [3.05, 3.63) is 103 Å². The molecule has 0 aliphatic heterocycles. The first-order valence-electron chi connectivity index (χ1n) is 9.85. The van der Waals surface area contributed by atoms with E-state index in [-0.39, 0.29) is 24.7 Å². The largest absolute Gasteiger partial charge is 0.350 e. The summed E-state index contributed by atoms with van der Waals surface area (Å²) in [5, 5.41) is 3.05. The van der Waals surface area contributed by atoms with Gasteiger partial charge in [0.25, 0.3) is 5.56 Å². The predicted octanol–water partition coefficient (Wildman–Crippen LogP) is 1.63. The maximum atomic E-state index is 13.5. The molecule has 1 amide bonds. The zero-order valence-electron chi connectivity index (χ0n) is 17.4. The molecule has 0 unspecified atom stereocenters.